The minimum Gasteiger partial charge on any atom is -2.00 e. The van der Waals surface area contributed by atoms with Crippen LogP contribution in [-0.4, -0.2) is 0 Å². The van der Waals surface area contributed by atoms with Crippen molar-refractivity contribution in [1.29, 1.82) is 0 Å². The average Bonchev–Trinajstić information content (AvgIpc) is 2.99. The van der Waals surface area contributed by atoms with Gasteiger partial charge in [0.05, 0.1) is 0 Å². The van der Waals surface area contributed by atoms with Crippen molar-refractivity contribution in [2.75, 3.05) is 0 Å². The van der Waals surface area contributed by atoms with Gasteiger partial charge in [0, 0.05) is 18.6 Å². The Bertz CT molecular complexity index is 1870. The van der Waals surface area contributed by atoms with Gasteiger partial charge in [-0.3, -0.25) is 0 Å². The van der Waals surface area contributed by atoms with Gasteiger partial charge in [0.2, 0.25) is 0 Å². The Kier molecular flexibility index (Phi) is 17.4. The van der Waals surface area contributed by atoms with Gasteiger partial charge >= 0.3 is 18.9 Å². The third-order valence-corrected chi connectivity index (χ3v) is 9.91. The molecule has 0 aliphatic carbocycles. The third-order valence-electron chi connectivity index (χ3n) is 9.91. The molecule has 6 aromatic rings. The first-order valence-electron chi connectivity index (χ1n) is 17.6. The van der Waals surface area contributed by atoms with Crippen LogP contribution in [0, 0.1) is 83.1 Å². The Morgan fingerprint density at radius 3 is 0.611 bits per heavy atom. The number of nitrogens with one attached hydrogen (secondary N) is 2. The van der Waals surface area contributed by atoms with Crippen LogP contribution >= 0.6 is 0 Å². The monoisotopic (exact) mass is 746 g/mol. The maximum absolute atomic E-state index is 8.92. The first-order chi connectivity index (χ1) is 23.6. The zero-order valence-electron chi connectivity index (χ0n) is 34.3. The van der Waals surface area contributed by atoms with Gasteiger partial charge in [-0.15, -0.1) is 11.4 Å². The van der Waals surface area contributed by atoms with Crippen molar-refractivity contribution in [3.05, 3.63) is 163 Å². The van der Waals surface area contributed by atoms with Crippen LogP contribution in [0.1, 0.15) is 66.8 Å². The van der Waals surface area contributed by atoms with Gasteiger partial charge in [0.25, 0.3) is 0 Å². The zero-order chi connectivity index (χ0) is 36.6. The molecule has 6 aromatic carbocycles. The molecule has 2 N–H and O–H groups in total. The van der Waals surface area contributed by atoms with Crippen LogP contribution in [0.5, 0.6) is 0 Å². The third kappa shape index (κ3) is 9.81. The molecule has 0 aliphatic heterocycles. The minimum absolute atomic E-state index is 0. The summed E-state index contributed by atoms with van der Waals surface area (Å²) in [5.41, 5.74) is 42.9. The normalized spacial score (nSPS) is 10.1. The van der Waals surface area contributed by atoms with E-state index >= 15 is 0 Å². The number of hydrogen-bond acceptors (Lipinski definition) is 0. The SMILES string of the molecule is Cc1cc(C)c(-c2cccc(-c3c(C)cc(C)cc3C)c2[NH-])c(C)c1.Cc1cc(C)c(-c2cccc(-c3c(C)cc(C)cc3C)c2[NH-])c(C)c1.[Li+].[O-2].[O-2].[V]. The molecule has 0 unspecified atom stereocenters. The molecule has 0 bridgehead atoms. The molecular formula is C48H52LiN2O2V-5. The first kappa shape index (κ1) is 48.0. The van der Waals surface area contributed by atoms with Gasteiger partial charge in [-0.2, -0.15) is 0 Å². The molecule has 0 amide bonds. The summed E-state index contributed by atoms with van der Waals surface area (Å²) in [6, 6.07) is 30.1. The van der Waals surface area contributed by atoms with E-state index in [2.05, 4.69) is 168 Å². The van der Waals surface area contributed by atoms with Crippen molar-refractivity contribution in [2.24, 2.45) is 0 Å². The molecule has 1 radical (unpaired) electrons. The predicted octanol–water partition coefficient (Wildman–Crippen LogP) is 11.9. The largest absolute Gasteiger partial charge is 2.00 e. The second-order valence-electron chi connectivity index (χ2n) is 14.6. The van der Waals surface area contributed by atoms with E-state index in [1.807, 2.05) is 0 Å². The van der Waals surface area contributed by atoms with Crippen molar-refractivity contribution >= 4 is 11.4 Å². The summed E-state index contributed by atoms with van der Waals surface area (Å²) < 4.78 is 0. The summed E-state index contributed by atoms with van der Waals surface area (Å²) >= 11 is 0. The van der Waals surface area contributed by atoms with Gasteiger partial charge in [-0.05, 0) is 172 Å². The maximum Gasteiger partial charge on any atom is 1.00 e. The minimum atomic E-state index is 0. The summed E-state index contributed by atoms with van der Waals surface area (Å²) in [6.07, 6.45) is 0. The van der Waals surface area contributed by atoms with Crippen molar-refractivity contribution in [3.63, 3.8) is 0 Å². The summed E-state index contributed by atoms with van der Waals surface area (Å²) in [7, 11) is 0. The average molecular weight is 747 g/mol. The summed E-state index contributed by atoms with van der Waals surface area (Å²) in [4.78, 5) is 0. The molecule has 0 saturated heterocycles. The van der Waals surface area contributed by atoms with E-state index in [0.29, 0.717) is 11.4 Å². The zero-order valence-corrected chi connectivity index (χ0v) is 35.7. The summed E-state index contributed by atoms with van der Waals surface area (Å²) in [5.74, 6) is 0. The topological polar surface area (TPSA) is 105 Å². The van der Waals surface area contributed by atoms with Gasteiger partial charge < -0.3 is 22.4 Å². The van der Waals surface area contributed by atoms with Gasteiger partial charge in [0.1, 0.15) is 0 Å². The van der Waals surface area contributed by atoms with Gasteiger partial charge in [0.15, 0.2) is 0 Å². The van der Waals surface area contributed by atoms with Crippen LogP contribution in [-0.2, 0) is 29.5 Å². The molecule has 0 fully saturated rings. The Hall–Kier alpha value is -3.98. The fraction of sp³-hybridized carbons (Fsp3) is 0.250. The van der Waals surface area contributed by atoms with Crippen LogP contribution in [0.3, 0.4) is 0 Å². The molecule has 6 heteroatoms. The number of rotatable bonds is 4. The van der Waals surface area contributed by atoms with Crippen molar-refractivity contribution in [1.82, 2.24) is 0 Å². The Labute approximate surface area is 348 Å². The van der Waals surface area contributed by atoms with Crippen molar-refractivity contribution in [2.45, 2.75) is 83.1 Å². The molecule has 0 aromatic heterocycles. The molecule has 0 atom stereocenters. The summed E-state index contributed by atoms with van der Waals surface area (Å²) in [6.45, 7) is 25.6. The van der Waals surface area contributed by atoms with E-state index in [0.717, 1.165) is 22.3 Å². The van der Waals surface area contributed by atoms with E-state index < -0.39 is 0 Å². The van der Waals surface area contributed by atoms with Crippen molar-refractivity contribution in [3.8, 4) is 44.5 Å². The molecule has 4 nitrogen and oxygen atoms in total. The van der Waals surface area contributed by atoms with Crippen LogP contribution in [0.4, 0.5) is 11.4 Å². The predicted molar refractivity (Wildman–Crippen MR) is 221 cm³/mol. The number of aryl methyl sites for hydroxylation is 12. The van der Waals surface area contributed by atoms with Crippen LogP contribution in [0.15, 0.2) is 84.9 Å². The van der Waals surface area contributed by atoms with E-state index in [9.17, 15) is 0 Å². The molecular weight excluding hydrogens is 694 g/mol. The fourth-order valence-corrected chi connectivity index (χ4v) is 8.36. The summed E-state index contributed by atoms with van der Waals surface area (Å²) in [5, 5.41) is 0. The van der Waals surface area contributed by atoms with Crippen molar-refractivity contribution < 1.29 is 48.4 Å². The Morgan fingerprint density at radius 1 is 0.315 bits per heavy atom. The van der Waals surface area contributed by atoms with Crippen LogP contribution < -0.4 is 18.9 Å². The molecule has 0 aliphatic rings. The fourth-order valence-electron chi connectivity index (χ4n) is 8.36. The Morgan fingerprint density at radius 2 is 0.463 bits per heavy atom. The molecule has 277 valence electrons. The molecule has 0 spiro atoms. The van der Waals surface area contributed by atoms with Crippen LogP contribution in [0.25, 0.3) is 56.0 Å². The first-order valence-corrected chi connectivity index (χ1v) is 17.6. The molecule has 6 rings (SSSR count). The van der Waals surface area contributed by atoms with Gasteiger partial charge in [-0.1, -0.05) is 107 Å². The van der Waals surface area contributed by atoms with Gasteiger partial charge in [-0.25, -0.2) is 0 Å². The maximum atomic E-state index is 8.92. The second-order valence-corrected chi connectivity index (χ2v) is 14.6. The standard InChI is InChI=1S/2C24H26N.Li.2O.V/c2*1-14-10-16(3)22(17(4)11-14)20-8-7-9-21(24(20)25)23-18(5)12-15(2)13-19(23)6;;;;/h2*7-13,25H,1-6H3;;;;/q2*-1;+1;2*-2;. The second kappa shape index (κ2) is 19.6. The number of hydrogen-bond donors (Lipinski definition) is 0. The quantitative estimate of drug-likeness (QED) is 0.160. The van der Waals surface area contributed by atoms with E-state index in [1.54, 1.807) is 0 Å². The van der Waals surface area contributed by atoms with E-state index in [1.165, 1.54) is 89.0 Å². The van der Waals surface area contributed by atoms with Crippen LogP contribution in [0.2, 0.25) is 0 Å². The Balaban J connectivity index is 0.000000503. The smallest absolute Gasteiger partial charge is 1.00 e. The number of benzene rings is 6. The molecule has 54 heavy (non-hydrogen) atoms. The molecule has 0 heterocycles. The van der Waals surface area contributed by atoms with E-state index in [-0.39, 0.29) is 48.4 Å². The molecule has 0 saturated carbocycles. The van der Waals surface area contributed by atoms with E-state index in [4.69, 9.17) is 11.5 Å².